The largest absolute Gasteiger partial charge is 0.293 e. The lowest BCUT2D eigenvalue weighted by Gasteiger charge is -2.49. The van der Waals surface area contributed by atoms with Crippen molar-refractivity contribution in [3.8, 4) is 6.07 Å². The van der Waals surface area contributed by atoms with E-state index in [0.717, 1.165) is 18.4 Å². The first kappa shape index (κ1) is 14.7. The summed E-state index contributed by atoms with van der Waals surface area (Å²) < 4.78 is 0. The van der Waals surface area contributed by atoms with Crippen molar-refractivity contribution in [3.63, 3.8) is 0 Å². The van der Waals surface area contributed by atoms with Gasteiger partial charge in [-0.25, -0.2) is 0 Å². The number of carbonyl (C=O) groups is 1. The van der Waals surface area contributed by atoms with E-state index in [-0.39, 0.29) is 17.1 Å². The molecular weight excluding hydrogens is 272 g/mol. The number of carbonyl (C=O) groups excluding carboxylic acids is 1. The summed E-state index contributed by atoms with van der Waals surface area (Å²) in [4.78, 5) is 16.7. The molecule has 0 saturated heterocycles. The molecular formula is C19H20N2O. The zero-order valence-electron chi connectivity index (χ0n) is 13.3. The minimum absolute atomic E-state index is 0.0179. The summed E-state index contributed by atoms with van der Waals surface area (Å²) in [5, 5.41) is 9.32. The molecule has 1 heterocycles. The van der Waals surface area contributed by atoms with E-state index in [1.807, 2.05) is 32.2 Å². The predicted octanol–water partition coefficient (Wildman–Crippen LogP) is 3.94. The van der Waals surface area contributed by atoms with Gasteiger partial charge in [-0.15, -0.1) is 0 Å². The number of allylic oxidation sites excluding steroid dienone is 4. The fourth-order valence-electron chi connectivity index (χ4n) is 4.16. The number of hydrogen-bond donors (Lipinski definition) is 0. The van der Waals surface area contributed by atoms with Crippen molar-refractivity contribution >= 4 is 11.4 Å². The van der Waals surface area contributed by atoms with Gasteiger partial charge in [0.25, 0.3) is 0 Å². The van der Waals surface area contributed by atoms with Gasteiger partial charge >= 0.3 is 0 Å². The molecule has 0 unspecified atom stereocenters. The van der Waals surface area contributed by atoms with E-state index in [2.05, 4.69) is 30.1 Å². The molecule has 2 atom stereocenters. The topological polar surface area (TPSA) is 53.8 Å². The minimum Gasteiger partial charge on any atom is -0.293 e. The standard InChI is InChI=1S/C19H20N2O/c1-18(2)16-7-6-13(14-5-4-8-21-12-14)9-19(16,3)10-15(11-20)17(18)22/h4-6,8,10,12,16H,7,9H2,1-3H3/t16-,19+/m1/s1. The third-order valence-corrected chi connectivity index (χ3v) is 5.30. The summed E-state index contributed by atoms with van der Waals surface area (Å²) in [7, 11) is 0. The molecule has 2 aliphatic carbocycles. The molecule has 0 aliphatic heterocycles. The molecule has 1 aromatic heterocycles. The number of fused-ring (bicyclic) bond motifs is 1. The average Bonchev–Trinajstić information content (AvgIpc) is 2.51. The van der Waals surface area contributed by atoms with Crippen LogP contribution in [0.3, 0.4) is 0 Å². The van der Waals surface area contributed by atoms with E-state index in [9.17, 15) is 10.1 Å². The van der Waals surface area contributed by atoms with Crippen LogP contribution in [0.2, 0.25) is 0 Å². The van der Waals surface area contributed by atoms with Gasteiger partial charge in [0.05, 0.1) is 5.57 Å². The van der Waals surface area contributed by atoms with Crippen molar-refractivity contribution in [1.82, 2.24) is 4.98 Å². The van der Waals surface area contributed by atoms with Gasteiger partial charge in [0.15, 0.2) is 5.78 Å². The second-order valence-corrected chi connectivity index (χ2v) is 7.16. The Bertz CT molecular complexity index is 722. The maximum Gasteiger partial charge on any atom is 0.178 e. The quantitative estimate of drug-likeness (QED) is 0.787. The molecule has 3 nitrogen and oxygen atoms in total. The van der Waals surface area contributed by atoms with Crippen LogP contribution in [0.25, 0.3) is 5.57 Å². The fraction of sp³-hybridized carbons (Fsp3) is 0.421. The Morgan fingerprint density at radius 3 is 2.77 bits per heavy atom. The van der Waals surface area contributed by atoms with E-state index in [1.165, 1.54) is 5.57 Å². The number of nitrogens with zero attached hydrogens (tertiary/aromatic N) is 2. The lowest BCUT2D eigenvalue weighted by Crippen LogP contribution is -2.47. The van der Waals surface area contributed by atoms with Crippen LogP contribution < -0.4 is 0 Å². The molecule has 22 heavy (non-hydrogen) atoms. The molecule has 0 amide bonds. The number of ketones is 1. The lowest BCUT2D eigenvalue weighted by molar-refractivity contribution is -0.129. The third kappa shape index (κ3) is 2.11. The average molecular weight is 292 g/mol. The van der Waals surface area contributed by atoms with Crippen molar-refractivity contribution in [3.05, 3.63) is 47.8 Å². The predicted molar refractivity (Wildman–Crippen MR) is 85.5 cm³/mol. The van der Waals surface area contributed by atoms with Crippen molar-refractivity contribution in [2.45, 2.75) is 33.6 Å². The first-order valence-electron chi connectivity index (χ1n) is 7.66. The van der Waals surface area contributed by atoms with E-state index >= 15 is 0 Å². The van der Waals surface area contributed by atoms with E-state index in [0.29, 0.717) is 5.57 Å². The number of rotatable bonds is 1. The third-order valence-electron chi connectivity index (χ3n) is 5.30. The normalized spacial score (nSPS) is 29.9. The Hall–Kier alpha value is -2.21. The number of nitriles is 1. The van der Waals surface area contributed by atoms with Gasteiger partial charge in [0, 0.05) is 17.8 Å². The number of pyridine rings is 1. The molecule has 0 spiro atoms. The highest BCUT2D eigenvalue weighted by Crippen LogP contribution is 2.55. The number of hydrogen-bond acceptors (Lipinski definition) is 3. The Labute approximate surface area is 131 Å². The second kappa shape index (κ2) is 4.91. The minimum atomic E-state index is -0.495. The molecule has 1 aromatic rings. The van der Waals surface area contributed by atoms with Crippen LogP contribution in [-0.4, -0.2) is 10.8 Å². The van der Waals surface area contributed by atoms with Gasteiger partial charge in [0.1, 0.15) is 6.07 Å². The number of Topliss-reactive ketones (excluding diaryl/α,β-unsaturated/α-hetero) is 1. The van der Waals surface area contributed by atoms with Crippen LogP contribution in [-0.2, 0) is 4.79 Å². The van der Waals surface area contributed by atoms with Gasteiger partial charge in [0.2, 0.25) is 0 Å². The molecule has 112 valence electrons. The Morgan fingerprint density at radius 2 is 2.14 bits per heavy atom. The highest BCUT2D eigenvalue weighted by Gasteiger charge is 2.52. The SMILES string of the molecule is CC1(C)C(=O)C(C#N)=C[C@]2(C)CC(c3cccnc3)=CC[C@H]12. The summed E-state index contributed by atoms with van der Waals surface area (Å²) in [6.45, 7) is 6.13. The van der Waals surface area contributed by atoms with Crippen LogP contribution in [0, 0.1) is 28.1 Å². The van der Waals surface area contributed by atoms with E-state index in [1.54, 1.807) is 6.20 Å². The first-order chi connectivity index (χ1) is 10.4. The fourth-order valence-corrected chi connectivity index (χ4v) is 4.16. The van der Waals surface area contributed by atoms with Crippen LogP contribution >= 0.6 is 0 Å². The summed E-state index contributed by atoms with van der Waals surface area (Å²) in [6.07, 6.45) is 9.50. The van der Waals surface area contributed by atoms with Crippen molar-refractivity contribution in [2.75, 3.05) is 0 Å². The molecule has 3 rings (SSSR count). The van der Waals surface area contributed by atoms with Gasteiger partial charge in [-0.1, -0.05) is 39.0 Å². The summed E-state index contributed by atoms with van der Waals surface area (Å²) in [6, 6.07) is 6.11. The van der Waals surface area contributed by atoms with E-state index < -0.39 is 5.41 Å². The molecule has 0 aromatic carbocycles. The molecule has 0 fully saturated rings. The van der Waals surface area contributed by atoms with Crippen molar-refractivity contribution in [2.24, 2.45) is 16.7 Å². The molecule has 3 heteroatoms. The molecule has 0 bridgehead atoms. The van der Waals surface area contributed by atoms with Crippen LogP contribution in [0.5, 0.6) is 0 Å². The zero-order chi connectivity index (χ0) is 16.0. The van der Waals surface area contributed by atoms with Crippen LogP contribution in [0.1, 0.15) is 39.2 Å². The Balaban J connectivity index is 2.06. The molecule has 0 N–H and O–H groups in total. The van der Waals surface area contributed by atoms with Crippen LogP contribution in [0.4, 0.5) is 0 Å². The monoisotopic (exact) mass is 292 g/mol. The number of aromatic nitrogens is 1. The first-order valence-corrected chi connectivity index (χ1v) is 7.66. The summed E-state index contributed by atoms with van der Waals surface area (Å²) in [5.41, 5.74) is 2.04. The Kier molecular flexibility index (Phi) is 3.29. The smallest absolute Gasteiger partial charge is 0.178 e. The highest BCUT2D eigenvalue weighted by molar-refractivity contribution is 6.04. The maximum absolute atomic E-state index is 12.5. The van der Waals surface area contributed by atoms with Crippen molar-refractivity contribution in [1.29, 1.82) is 5.26 Å². The zero-order valence-corrected chi connectivity index (χ0v) is 13.3. The molecule has 0 saturated carbocycles. The van der Waals surface area contributed by atoms with Crippen LogP contribution in [0.15, 0.2) is 42.3 Å². The van der Waals surface area contributed by atoms with E-state index in [4.69, 9.17) is 0 Å². The van der Waals surface area contributed by atoms with Gasteiger partial charge in [-0.3, -0.25) is 9.78 Å². The van der Waals surface area contributed by atoms with Gasteiger partial charge < -0.3 is 0 Å². The maximum atomic E-state index is 12.5. The Morgan fingerprint density at radius 1 is 1.36 bits per heavy atom. The second-order valence-electron chi connectivity index (χ2n) is 7.16. The summed E-state index contributed by atoms with van der Waals surface area (Å²) in [5.74, 6) is 0.209. The highest BCUT2D eigenvalue weighted by atomic mass is 16.1. The summed E-state index contributed by atoms with van der Waals surface area (Å²) >= 11 is 0. The molecule has 2 aliphatic rings. The lowest BCUT2D eigenvalue weighted by atomic mass is 9.52. The van der Waals surface area contributed by atoms with Gasteiger partial charge in [-0.05, 0) is 41.4 Å². The van der Waals surface area contributed by atoms with Crippen molar-refractivity contribution < 1.29 is 4.79 Å². The van der Waals surface area contributed by atoms with Gasteiger partial charge in [-0.2, -0.15) is 5.26 Å². The molecule has 0 radical (unpaired) electrons.